The van der Waals surface area contributed by atoms with E-state index in [4.69, 9.17) is 11.6 Å². The van der Waals surface area contributed by atoms with E-state index >= 15 is 0 Å². The van der Waals surface area contributed by atoms with Crippen LogP contribution in [0.1, 0.15) is 41.2 Å². The van der Waals surface area contributed by atoms with Gasteiger partial charge in [-0.15, -0.1) is 0 Å². The van der Waals surface area contributed by atoms with Gasteiger partial charge in [0.2, 0.25) is 5.91 Å². The standard InChI is InChI=1S/C25H28ClN3O2S/c1-32-14-12-22(28-24(30)19-9-3-4-10-20(19)26)25(31)29-13-6-8-18(16-29)23-15-17-7-2-5-11-21(17)27-23/h2-5,7,9-11,15,18,22,27H,6,8,12-14,16H2,1H3,(H,28,30). The first-order valence-electron chi connectivity index (χ1n) is 11.0. The Morgan fingerprint density at radius 3 is 2.78 bits per heavy atom. The number of carbonyl (C=O) groups excluding carboxylic acids is 2. The number of rotatable bonds is 7. The molecular formula is C25H28ClN3O2S. The smallest absolute Gasteiger partial charge is 0.253 e. The summed E-state index contributed by atoms with van der Waals surface area (Å²) in [5, 5.41) is 4.52. The van der Waals surface area contributed by atoms with Crippen LogP contribution >= 0.6 is 23.4 Å². The number of piperidine rings is 1. The van der Waals surface area contributed by atoms with Crippen LogP contribution in [0.25, 0.3) is 10.9 Å². The fraction of sp³-hybridized carbons (Fsp3) is 0.360. The second-order valence-electron chi connectivity index (χ2n) is 8.22. The number of halogens is 1. The predicted octanol–water partition coefficient (Wildman–Crippen LogP) is 5.08. The van der Waals surface area contributed by atoms with Crippen LogP contribution < -0.4 is 5.32 Å². The molecule has 7 heteroatoms. The molecule has 2 unspecified atom stereocenters. The van der Waals surface area contributed by atoms with Gasteiger partial charge >= 0.3 is 0 Å². The van der Waals surface area contributed by atoms with Gasteiger partial charge in [0.15, 0.2) is 0 Å². The van der Waals surface area contributed by atoms with Gasteiger partial charge in [-0.3, -0.25) is 9.59 Å². The van der Waals surface area contributed by atoms with Crippen LogP contribution in [0.4, 0.5) is 0 Å². The Labute approximate surface area is 197 Å². The van der Waals surface area contributed by atoms with Crippen LogP contribution in [-0.4, -0.2) is 52.8 Å². The number of hydrogen-bond acceptors (Lipinski definition) is 3. The number of H-pyrrole nitrogens is 1. The van der Waals surface area contributed by atoms with Crippen molar-refractivity contribution in [3.8, 4) is 0 Å². The molecule has 0 bridgehead atoms. The summed E-state index contributed by atoms with van der Waals surface area (Å²) in [7, 11) is 0. The van der Waals surface area contributed by atoms with E-state index in [2.05, 4.69) is 28.5 Å². The van der Waals surface area contributed by atoms with Crippen molar-refractivity contribution in [3.63, 3.8) is 0 Å². The summed E-state index contributed by atoms with van der Waals surface area (Å²) >= 11 is 7.86. The summed E-state index contributed by atoms with van der Waals surface area (Å²) in [6.07, 6.45) is 4.57. The van der Waals surface area contributed by atoms with E-state index in [1.165, 1.54) is 11.1 Å². The van der Waals surface area contributed by atoms with Crippen molar-refractivity contribution in [2.75, 3.05) is 25.1 Å². The largest absolute Gasteiger partial charge is 0.358 e. The average Bonchev–Trinajstić information content (AvgIpc) is 3.26. The molecule has 2 heterocycles. The molecule has 2 aromatic carbocycles. The molecule has 4 rings (SSSR count). The molecule has 1 aliphatic rings. The molecule has 1 saturated heterocycles. The molecule has 0 radical (unpaired) electrons. The van der Waals surface area contributed by atoms with E-state index in [1.54, 1.807) is 36.0 Å². The lowest BCUT2D eigenvalue weighted by Crippen LogP contribution is -2.51. The Balaban J connectivity index is 1.48. The van der Waals surface area contributed by atoms with Crippen molar-refractivity contribution in [1.82, 2.24) is 15.2 Å². The fourth-order valence-electron chi connectivity index (χ4n) is 4.34. The summed E-state index contributed by atoms with van der Waals surface area (Å²) in [5.74, 6) is 0.735. The number of hydrogen-bond donors (Lipinski definition) is 2. The Morgan fingerprint density at radius 1 is 1.22 bits per heavy atom. The first-order chi connectivity index (χ1) is 15.6. The molecule has 5 nitrogen and oxygen atoms in total. The molecule has 168 valence electrons. The van der Waals surface area contributed by atoms with Crippen LogP contribution in [0.3, 0.4) is 0 Å². The minimum Gasteiger partial charge on any atom is -0.358 e. The second kappa shape index (κ2) is 10.5. The lowest BCUT2D eigenvalue weighted by Gasteiger charge is -2.35. The number of fused-ring (bicyclic) bond motifs is 1. The van der Waals surface area contributed by atoms with E-state index in [9.17, 15) is 9.59 Å². The zero-order chi connectivity index (χ0) is 22.5. The van der Waals surface area contributed by atoms with E-state index in [0.29, 0.717) is 30.1 Å². The minimum atomic E-state index is -0.562. The molecule has 2 amide bonds. The first-order valence-corrected chi connectivity index (χ1v) is 12.7. The molecule has 0 saturated carbocycles. The summed E-state index contributed by atoms with van der Waals surface area (Å²) in [5.41, 5.74) is 2.69. The number of nitrogens with one attached hydrogen (secondary N) is 2. The van der Waals surface area contributed by atoms with Gasteiger partial charge in [-0.25, -0.2) is 0 Å². The third kappa shape index (κ3) is 5.13. The molecule has 32 heavy (non-hydrogen) atoms. The maximum atomic E-state index is 13.5. The quantitative estimate of drug-likeness (QED) is 0.507. The number of nitrogens with zero attached hydrogens (tertiary/aromatic N) is 1. The number of carbonyl (C=O) groups is 2. The van der Waals surface area contributed by atoms with Gasteiger partial charge in [-0.2, -0.15) is 11.8 Å². The number of aromatic nitrogens is 1. The minimum absolute atomic E-state index is 0.0136. The van der Waals surface area contributed by atoms with E-state index in [0.717, 1.165) is 24.1 Å². The maximum absolute atomic E-state index is 13.5. The van der Waals surface area contributed by atoms with Crippen molar-refractivity contribution < 1.29 is 9.59 Å². The summed E-state index contributed by atoms with van der Waals surface area (Å²) < 4.78 is 0. The number of benzene rings is 2. The van der Waals surface area contributed by atoms with Gasteiger partial charge < -0.3 is 15.2 Å². The van der Waals surface area contributed by atoms with Crippen molar-refractivity contribution in [1.29, 1.82) is 0 Å². The van der Waals surface area contributed by atoms with Gasteiger partial charge in [0, 0.05) is 30.2 Å². The Bertz CT molecular complexity index is 1070. The van der Waals surface area contributed by atoms with Crippen molar-refractivity contribution >= 4 is 46.1 Å². The van der Waals surface area contributed by atoms with Crippen molar-refractivity contribution in [2.45, 2.75) is 31.2 Å². The van der Waals surface area contributed by atoms with Gasteiger partial charge in [-0.1, -0.05) is 41.9 Å². The van der Waals surface area contributed by atoms with Crippen molar-refractivity contribution in [3.05, 3.63) is 70.9 Å². The molecule has 0 aliphatic carbocycles. The highest BCUT2D eigenvalue weighted by atomic mass is 35.5. The van der Waals surface area contributed by atoms with Crippen molar-refractivity contribution in [2.24, 2.45) is 0 Å². The molecular weight excluding hydrogens is 442 g/mol. The normalized spacial score (nSPS) is 17.3. The second-order valence-corrected chi connectivity index (χ2v) is 9.62. The number of para-hydroxylation sites is 1. The highest BCUT2D eigenvalue weighted by molar-refractivity contribution is 7.98. The highest BCUT2D eigenvalue weighted by Crippen LogP contribution is 2.29. The SMILES string of the molecule is CSCCC(NC(=O)c1ccccc1Cl)C(=O)N1CCCC(c2cc3ccccc3[nH]2)C1. The van der Waals surface area contributed by atoms with Crippen LogP contribution in [0.15, 0.2) is 54.6 Å². The van der Waals surface area contributed by atoms with Gasteiger partial charge in [-0.05, 0) is 60.9 Å². The molecule has 0 spiro atoms. The van der Waals surface area contributed by atoms with Gasteiger partial charge in [0.25, 0.3) is 5.91 Å². The first kappa shape index (κ1) is 22.7. The number of likely N-dealkylation sites (tertiary alicyclic amines) is 1. The molecule has 1 aliphatic heterocycles. The molecule has 1 aromatic heterocycles. The molecule has 3 aromatic rings. The van der Waals surface area contributed by atoms with Gasteiger partial charge in [0.1, 0.15) is 6.04 Å². The average molecular weight is 470 g/mol. The van der Waals surface area contributed by atoms with Crippen LogP contribution in [0.2, 0.25) is 5.02 Å². The lowest BCUT2D eigenvalue weighted by atomic mass is 9.94. The number of aromatic amines is 1. The zero-order valence-corrected chi connectivity index (χ0v) is 19.7. The van der Waals surface area contributed by atoms with Crippen LogP contribution in [-0.2, 0) is 4.79 Å². The summed E-state index contributed by atoms with van der Waals surface area (Å²) in [4.78, 5) is 31.7. The Morgan fingerprint density at radius 2 is 2.00 bits per heavy atom. The third-order valence-corrected chi connectivity index (χ3v) is 7.03. The maximum Gasteiger partial charge on any atom is 0.253 e. The van der Waals surface area contributed by atoms with Gasteiger partial charge in [0.05, 0.1) is 10.6 Å². The Kier molecular flexibility index (Phi) is 7.43. The van der Waals surface area contributed by atoms with Crippen LogP contribution in [0, 0.1) is 0 Å². The molecule has 2 atom stereocenters. The zero-order valence-electron chi connectivity index (χ0n) is 18.1. The third-order valence-electron chi connectivity index (χ3n) is 6.06. The highest BCUT2D eigenvalue weighted by Gasteiger charge is 2.31. The monoisotopic (exact) mass is 469 g/mol. The van der Waals surface area contributed by atoms with E-state index in [-0.39, 0.29) is 17.7 Å². The molecule has 2 N–H and O–H groups in total. The number of thioether (sulfide) groups is 1. The fourth-order valence-corrected chi connectivity index (χ4v) is 5.03. The summed E-state index contributed by atoms with van der Waals surface area (Å²) in [6, 6.07) is 16.8. The van der Waals surface area contributed by atoms with Crippen LogP contribution in [0.5, 0.6) is 0 Å². The number of amides is 2. The van der Waals surface area contributed by atoms with E-state index in [1.807, 2.05) is 23.3 Å². The predicted molar refractivity (Wildman–Crippen MR) is 133 cm³/mol. The lowest BCUT2D eigenvalue weighted by molar-refractivity contribution is -0.134. The Hall–Kier alpha value is -2.44. The topological polar surface area (TPSA) is 65.2 Å². The molecule has 1 fully saturated rings. The van der Waals surface area contributed by atoms with E-state index < -0.39 is 6.04 Å². The summed E-state index contributed by atoms with van der Waals surface area (Å²) in [6.45, 7) is 1.37.